The number of carbonyl (C=O) groups excluding carboxylic acids is 2. The Morgan fingerprint density at radius 1 is 1.24 bits per heavy atom. The predicted molar refractivity (Wildman–Crippen MR) is 120 cm³/mol. The fraction of sp³-hybridized carbons (Fsp3) is 0.478. The van der Waals surface area contributed by atoms with Gasteiger partial charge in [-0.3, -0.25) is 9.59 Å². The maximum absolute atomic E-state index is 13.5. The number of hydrogen-bond donors (Lipinski definition) is 0. The lowest BCUT2D eigenvalue weighted by atomic mass is 9.90. The molecule has 0 aliphatic carbocycles. The molecule has 4 nitrogen and oxygen atoms in total. The van der Waals surface area contributed by atoms with Crippen molar-refractivity contribution in [3.05, 3.63) is 57.3 Å². The van der Waals surface area contributed by atoms with E-state index in [-0.39, 0.29) is 30.4 Å². The van der Waals surface area contributed by atoms with Crippen LogP contribution in [-0.2, 0) is 16.0 Å². The quantitative estimate of drug-likeness (QED) is 0.616. The number of halogens is 1. The van der Waals surface area contributed by atoms with Crippen LogP contribution in [0, 0.1) is 6.92 Å². The molecule has 1 aromatic heterocycles. The summed E-state index contributed by atoms with van der Waals surface area (Å²) < 4.78 is 0. The molecular formula is C23H29ClN2O2S. The van der Waals surface area contributed by atoms with E-state index in [0.717, 1.165) is 18.4 Å². The van der Waals surface area contributed by atoms with Crippen LogP contribution in [0.15, 0.2) is 35.7 Å². The average Bonchev–Trinajstić information content (AvgIpc) is 3.19. The maximum Gasteiger partial charge on any atom is 0.243 e. The summed E-state index contributed by atoms with van der Waals surface area (Å²) in [5, 5.41) is 1.46. The van der Waals surface area contributed by atoms with E-state index >= 15 is 0 Å². The van der Waals surface area contributed by atoms with E-state index in [4.69, 9.17) is 11.6 Å². The van der Waals surface area contributed by atoms with Crippen LogP contribution in [0.4, 0.5) is 0 Å². The monoisotopic (exact) mass is 432 g/mol. The first kappa shape index (κ1) is 21.8. The van der Waals surface area contributed by atoms with Crippen molar-refractivity contribution in [3.8, 4) is 0 Å². The molecular weight excluding hydrogens is 404 g/mol. The molecule has 156 valence electrons. The van der Waals surface area contributed by atoms with E-state index in [1.807, 2.05) is 30.9 Å². The van der Waals surface area contributed by atoms with Gasteiger partial charge in [0, 0.05) is 17.5 Å². The van der Waals surface area contributed by atoms with Crippen LogP contribution < -0.4 is 0 Å². The van der Waals surface area contributed by atoms with Gasteiger partial charge in [0.1, 0.15) is 11.9 Å². The molecule has 2 amide bonds. The molecule has 29 heavy (non-hydrogen) atoms. The van der Waals surface area contributed by atoms with Gasteiger partial charge in [0.15, 0.2) is 0 Å². The Morgan fingerprint density at radius 2 is 1.97 bits per heavy atom. The molecule has 0 spiro atoms. The van der Waals surface area contributed by atoms with Gasteiger partial charge in [-0.05, 0) is 61.7 Å². The third kappa shape index (κ3) is 4.51. The van der Waals surface area contributed by atoms with E-state index in [1.54, 1.807) is 23.2 Å². The van der Waals surface area contributed by atoms with E-state index in [0.29, 0.717) is 6.54 Å². The molecule has 0 fully saturated rings. The number of carbonyl (C=O) groups is 2. The molecule has 3 rings (SSSR count). The van der Waals surface area contributed by atoms with Crippen LogP contribution >= 0.6 is 22.9 Å². The highest BCUT2D eigenvalue weighted by atomic mass is 35.5. The summed E-state index contributed by atoms with van der Waals surface area (Å²) in [7, 11) is 0. The number of thiophene rings is 1. The van der Waals surface area contributed by atoms with Gasteiger partial charge in [0.05, 0.1) is 6.04 Å². The summed E-state index contributed by atoms with van der Waals surface area (Å²) >= 11 is 7.83. The van der Waals surface area contributed by atoms with Crippen LogP contribution in [-0.4, -0.2) is 46.1 Å². The minimum atomic E-state index is -0.645. The highest BCUT2D eigenvalue weighted by Crippen LogP contribution is 2.39. The van der Waals surface area contributed by atoms with Crippen LogP contribution in [0.2, 0.25) is 0 Å². The molecule has 0 N–H and O–H groups in total. The Kier molecular flexibility index (Phi) is 7.01. The summed E-state index contributed by atoms with van der Waals surface area (Å²) in [6, 6.07) is 10.2. The van der Waals surface area contributed by atoms with Crippen molar-refractivity contribution in [1.29, 1.82) is 0 Å². The summed E-state index contributed by atoms with van der Waals surface area (Å²) in [4.78, 5) is 31.0. The van der Waals surface area contributed by atoms with Crippen LogP contribution in [0.1, 0.15) is 54.8 Å². The smallest absolute Gasteiger partial charge is 0.243 e. The highest BCUT2D eigenvalue weighted by Gasteiger charge is 2.35. The third-order valence-corrected chi connectivity index (χ3v) is 7.00. The van der Waals surface area contributed by atoms with Crippen molar-refractivity contribution in [1.82, 2.24) is 9.80 Å². The van der Waals surface area contributed by atoms with Gasteiger partial charge in [-0.2, -0.15) is 0 Å². The van der Waals surface area contributed by atoms with Gasteiger partial charge in [-0.1, -0.05) is 31.2 Å². The van der Waals surface area contributed by atoms with E-state index < -0.39 is 5.38 Å². The normalized spacial score (nSPS) is 18.1. The van der Waals surface area contributed by atoms with Crippen molar-refractivity contribution in [2.45, 2.75) is 58.0 Å². The van der Waals surface area contributed by atoms with Gasteiger partial charge in [0.2, 0.25) is 11.8 Å². The standard InChI is InChI=1S/C23H29ClN2O2S/c1-5-16(3)26(23(28)17(4)24)14-21(27)25-12-10-20-19(11-13-29-20)22(25)18-9-7-6-8-15(18)2/h6-9,11,13,16-17,22H,5,10,12,14H2,1-4H3. The number of amides is 2. The first-order valence-corrected chi connectivity index (χ1v) is 11.5. The zero-order valence-corrected chi connectivity index (χ0v) is 19.1. The van der Waals surface area contributed by atoms with Crippen LogP contribution in [0.5, 0.6) is 0 Å². The number of alkyl halides is 1. The van der Waals surface area contributed by atoms with Gasteiger partial charge < -0.3 is 9.80 Å². The zero-order valence-electron chi connectivity index (χ0n) is 17.5. The summed E-state index contributed by atoms with van der Waals surface area (Å²) in [5.41, 5.74) is 3.52. The minimum Gasteiger partial charge on any atom is -0.330 e. The number of rotatable bonds is 6. The number of benzene rings is 1. The lowest BCUT2D eigenvalue weighted by Crippen LogP contribution is -2.50. The van der Waals surface area contributed by atoms with E-state index in [2.05, 4.69) is 30.5 Å². The maximum atomic E-state index is 13.5. The second-order valence-corrected chi connectivity index (χ2v) is 9.39. The minimum absolute atomic E-state index is 0.0268. The highest BCUT2D eigenvalue weighted by molar-refractivity contribution is 7.10. The Morgan fingerprint density at radius 3 is 2.62 bits per heavy atom. The van der Waals surface area contributed by atoms with E-state index in [9.17, 15) is 9.59 Å². The molecule has 0 saturated carbocycles. The molecule has 0 radical (unpaired) electrons. The number of hydrogen-bond acceptors (Lipinski definition) is 3. The molecule has 0 bridgehead atoms. The summed E-state index contributed by atoms with van der Waals surface area (Å²) in [5.74, 6) is -0.212. The molecule has 1 aliphatic heterocycles. The van der Waals surface area contributed by atoms with E-state index in [1.165, 1.54) is 16.0 Å². The molecule has 3 atom stereocenters. The van der Waals surface area contributed by atoms with Crippen molar-refractivity contribution in [2.24, 2.45) is 0 Å². The first-order chi connectivity index (χ1) is 13.8. The van der Waals surface area contributed by atoms with Gasteiger partial charge in [0.25, 0.3) is 0 Å². The van der Waals surface area contributed by atoms with Crippen molar-refractivity contribution < 1.29 is 9.59 Å². The molecule has 1 aliphatic rings. The lowest BCUT2D eigenvalue weighted by molar-refractivity contribution is -0.143. The van der Waals surface area contributed by atoms with Gasteiger partial charge in [-0.15, -0.1) is 22.9 Å². The second-order valence-electron chi connectivity index (χ2n) is 7.73. The number of aryl methyl sites for hydroxylation is 1. The molecule has 2 heterocycles. The Bertz CT molecular complexity index is 879. The SMILES string of the molecule is CCC(C)N(CC(=O)N1CCc2sccc2C1c1ccccc1C)C(=O)C(C)Cl. The van der Waals surface area contributed by atoms with Crippen LogP contribution in [0.3, 0.4) is 0 Å². The Balaban J connectivity index is 1.94. The summed E-state index contributed by atoms with van der Waals surface area (Å²) in [6.45, 7) is 8.46. The molecule has 3 unspecified atom stereocenters. The molecule has 6 heteroatoms. The topological polar surface area (TPSA) is 40.6 Å². The van der Waals surface area contributed by atoms with Crippen LogP contribution in [0.25, 0.3) is 0 Å². The molecule has 2 aromatic rings. The summed E-state index contributed by atoms with van der Waals surface area (Å²) in [6.07, 6.45) is 1.63. The first-order valence-electron chi connectivity index (χ1n) is 10.2. The van der Waals surface area contributed by atoms with Crippen molar-refractivity contribution >= 4 is 34.8 Å². The number of fused-ring (bicyclic) bond motifs is 1. The fourth-order valence-corrected chi connectivity index (χ4v) is 4.98. The third-order valence-electron chi connectivity index (χ3n) is 5.82. The van der Waals surface area contributed by atoms with Gasteiger partial charge >= 0.3 is 0 Å². The lowest BCUT2D eigenvalue weighted by Gasteiger charge is -2.39. The fourth-order valence-electron chi connectivity index (χ4n) is 3.95. The number of nitrogens with zero attached hydrogens (tertiary/aromatic N) is 2. The second kappa shape index (κ2) is 9.31. The Labute approximate surface area is 182 Å². The largest absolute Gasteiger partial charge is 0.330 e. The van der Waals surface area contributed by atoms with Crippen molar-refractivity contribution in [2.75, 3.05) is 13.1 Å². The van der Waals surface area contributed by atoms with Crippen molar-refractivity contribution in [3.63, 3.8) is 0 Å². The zero-order chi connectivity index (χ0) is 21.1. The average molecular weight is 433 g/mol. The Hall–Kier alpha value is -1.85. The molecule has 0 saturated heterocycles. The molecule has 1 aromatic carbocycles. The van der Waals surface area contributed by atoms with Gasteiger partial charge in [-0.25, -0.2) is 0 Å². The predicted octanol–water partition coefficient (Wildman–Crippen LogP) is 4.79.